The topological polar surface area (TPSA) is 98.2 Å². The van der Waals surface area contributed by atoms with Crippen LogP contribution in [0.3, 0.4) is 0 Å². The number of nitrogens with one attached hydrogen (secondary N) is 1. The highest BCUT2D eigenvalue weighted by Gasteiger charge is 2.19. The Morgan fingerprint density at radius 3 is 2.55 bits per heavy atom. The number of rotatable bonds is 4. The molecule has 1 N–H and O–H groups in total. The maximum atomic E-state index is 12.6. The van der Waals surface area contributed by atoms with E-state index in [4.69, 9.17) is 9.05 Å². The van der Waals surface area contributed by atoms with Crippen LogP contribution in [0.5, 0.6) is 0 Å². The number of carbonyl (C=O) groups is 1. The zero-order valence-electron chi connectivity index (χ0n) is 15.6. The predicted molar refractivity (Wildman–Crippen MR) is 112 cm³/mol. The smallest absolute Gasteiger partial charge is 0.292 e. The number of hydrogen-bond acceptors (Lipinski definition) is 6. The predicted octanol–water partition coefficient (Wildman–Crippen LogP) is 4.98. The van der Waals surface area contributed by atoms with E-state index in [0.29, 0.717) is 22.6 Å². The first-order valence-electron chi connectivity index (χ1n) is 8.90. The molecule has 0 bridgehead atoms. The normalized spacial score (nSPS) is 11.2. The number of benzene rings is 2. The van der Waals surface area contributed by atoms with Gasteiger partial charge in [-0.1, -0.05) is 54.0 Å². The lowest BCUT2D eigenvalue weighted by molar-refractivity contribution is 0.0996. The van der Waals surface area contributed by atoms with Crippen molar-refractivity contribution in [1.29, 1.82) is 0 Å². The minimum atomic E-state index is -0.623. The van der Waals surface area contributed by atoms with Gasteiger partial charge in [0.15, 0.2) is 16.9 Å². The molecular weight excluding hydrogens is 438 g/mol. The average molecular weight is 454 g/mol. The Hall–Kier alpha value is -3.26. The zero-order valence-corrected chi connectivity index (χ0v) is 17.2. The lowest BCUT2D eigenvalue weighted by Gasteiger charge is -2.06. The first kappa shape index (κ1) is 19.1. The van der Waals surface area contributed by atoms with Crippen molar-refractivity contribution < 1.29 is 13.8 Å². The molecule has 2 aromatic heterocycles. The van der Waals surface area contributed by atoms with E-state index in [-0.39, 0.29) is 17.0 Å². The summed E-state index contributed by atoms with van der Waals surface area (Å²) in [6, 6.07) is 13.9. The molecule has 0 aliphatic rings. The summed E-state index contributed by atoms with van der Waals surface area (Å²) in [6.45, 7) is 4.21. The van der Waals surface area contributed by atoms with Crippen molar-refractivity contribution in [2.24, 2.45) is 0 Å². The van der Waals surface area contributed by atoms with Crippen molar-refractivity contribution >= 4 is 38.6 Å². The number of anilines is 1. The van der Waals surface area contributed by atoms with E-state index in [1.54, 1.807) is 18.2 Å². The number of fused-ring (bicyclic) bond motifs is 1. The molecule has 0 fully saturated rings. The van der Waals surface area contributed by atoms with Crippen LogP contribution in [0, 0.1) is 0 Å². The highest BCUT2D eigenvalue weighted by molar-refractivity contribution is 9.10. The van der Waals surface area contributed by atoms with Crippen LogP contribution < -0.4 is 10.7 Å². The molecule has 0 atom stereocenters. The van der Waals surface area contributed by atoms with Crippen molar-refractivity contribution in [3.05, 3.63) is 74.6 Å². The third-order valence-electron chi connectivity index (χ3n) is 4.48. The van der Waals surface area contributed by atoms with Crippen LogP contribution in [0.2, 0.25) is 0 Å². The van der Waals surface area contributed by atoms with Crippen LogP contribution in [-0.4, -0.2) is 16.2 Å². The second-order valence-corrected chi connectivity index (χ2v) is 7.72. The Kier molecular flexibility index (Phi) is 5.02. The lowest BCUT2D eigenvalue weighted by Crippen LogP contribution is -2.15. The third kappa shape index (κ3) is 3.84. The van der Waals surface area contributed by atoms with Gasteiger partial charge in [-0.15, -0.1) is 0 Å². The SMILES string of the molecule is CC(C)c1ccc(-c2nonc2NC(=O)c2cc(=O)c3cc(Br)ccc3o2)cc1. The summed E-state index contributed by atoms with van der Waals surface area (Å²) in [5.74, 6) is -0.211. The maximum absolute atomic E-state index is 12.6. The van der Waals surface area contributed by atoms with Gasteiger partial charge in [-0.2, -0.15) is 0 Å². The van der Waals surface area contributed by atoms with E-state index in [9.17, 15) is 9.59 Å². The lowest BCUT2D eigenvalue weighted by atomic mass is 10.0. The molecular formula is C21H16BrN3O4. The molecule has 8 heteroatoms. The minimum Gasteiger partial charge on any atom is -0.451 e. The first-order chi connectivity index (χ1) is 13.9. The first-order valence-corrected chi connectivity index (χ1v) is 9.69. The molecule has 7 nitrogen and oxygen atoms in total. The summed E-state index contributed by atoms with van der Waals surface area (Å²) in [7, 11) is 0. The van der Waals surface area contributed by atoms with E-state index in [1.165, 1.54) is 5.56 Å². The molecule has 0 saturated carbocycles. The Balaban J connectivity index is 1.63. The molecule has 2 aromatic carbocycles. The number of aromatic nitrogens is 2. The Morgan fingerprint density at radius 1 is 1.07 bits per heavy atom. The van der Waals surface area contributed by atoms with Crippen molar-refractivity contribution in [2.75, 3.05) is 5.32 Å². The van der Waals surface area contributed by atoms with Gasteiger partial charge >= 0.3 is 0 Å². The number of hydrogen-bond donors (Lipinski definition) is 1. The van der Waals surface area contributed by atoms with Gasteiger partial charge < -0.3 is 4.42 Å². The van der Waals surface area contributed by atoms with Crippen LogP contribution in [0.25, 0.3) is 22.2 Å². The number of carbonyl (C=O) groups excluding carboxylic acids is 1. The zero-order chi connectivity index (χ0) is 20.5. The molecule has 29 heavy (non-hydrogen) atoms. The van der Waals surface area contributed by atoms with Crippen LogP contribution >= 0.6 is 15.9 Å². The highest BCUT2D eigenvalue weighted by atomic mass is 79.9. The second-order valence-electron chi connectivity index (χ2n) is 6.81. The summed E-state index contributed by atoms with van der Waals surface area (Å²) >= 11 is 3.31. The minimum absolute atomic E-state index is 0.131. The summed E-state index contributed by atoms with van der Waals surface area (Å²) in [5, 5.41) is 10.6. The highest BCUT2D eigenvalue weighted by Crippen LogP contribution is 2.27. The molecule has 0 radical (unpaired) electrons. The largest absolute Gasteiger partial charge is 0.451 e. The van der Waals surface area contributed by atoms with Crippen LogP contribution in [-0.2, 0) is 0 Å². The van der Waals surface area contributed by atoms with Crippen LogP contribution in [0.4, 0.5) is 5.82 Å². The molecule has 4 aromatic rings. The summed E-state index contributed by atoms with van der Waals surface area (Å²) < 4.78 is 11.1. The molecule has 2 heterocycles. The molecule has 0 saturated heterocycles. The quantitative estimate of drug-likeness (QED) is 0.467. The van der Waals surface area contributed by atoms with Crippen LogP contribution in [0.1, 0.15) is 35.9 Å². The van der Waals surface area contributed by atoms with E-state index in [2.05, 4.69) is 45.4 Å². The summed E-state index contributed by atoms with van der Waals surface area (Å²) in [4.78, 5) is 25.0. The third-order valence-corrected chi connectivity index (χ3v) is 4.98. The molecule has 1 amide bonds. The van der Waals surface area contributed by atoms with Gasteiger partial charge in [-0.25, -0.2) is 4.63 Å². The molecule has 4 rings (SSSR count). The second kappa shape index (κ2) is 7.63. The maximum Gasteiger partial charge on any atom is 0.292 e. The molecule has 0 spiro atoms. The van der Waals surface area contributed by atoms with E-state index in [1.807, 2.05) is 24.3 Å². The fourth-order valence-corrected chi connectivity index (χ4v) is 3.26. The monoisotopic (exact) mass is 453 g/mol. The van der Waals surface area contributed by atoms with Crippen molar-refractivity contribution in [1.82, 2.24) is 10.3 Å². The fourth-order valence-electron chi connectivity index (χ4n) is 2.90. The van der Waals surface area contributed by atoms with Gasteiger partial charge in [0.1, 0.15) is 5.58 Å². The molecule has 0 unspecified atom stereocenters. The van der Waals surface area contributed by atoms with E-state index in [0.717, 1.165) is 16.1 Å². The molecule has 0 aliphatic heterocycles. The van der Waals surface area contributed by atoms with Crippen molar-refractivity contribution in [3.8, 4) is 11.3 Å². The Bertz CT molecular complexity index is 1260. The van der Waals surface area contributed by atoms with Gasteiger partial charge in [-0.05, 0) is 40.0 Å². The van der Waals surface area contributed by atoms with Crippen molar-refractivity contribution in [3.63, 3.8) is 0 Å². The summed E-state index contributed by atoms with van der Waals surface area (Å²) in [6.07, 6.45) is 0. The van der Waals surface area contributed by atoms with E-state index >= 15 is 0 Å². The Morgan fingerprint density at radius 2 is 1.83 bits per heavy atom. The van der Waals surface area contributed by atoms with Gasteiger partial charge in [0, 0.05) is 16.1 Å². The Labute approximate surface area is 173 Å². The van der Waals surface area contributed by atoms with E-state index < -0.39 is 5.91 Å². The molecule has 146 valence electrons. The average Bonchev–Trinajstić information content (AvgIpc) is 3.16. The van der Waals surface area contributed by atoms with Gasteiger partial charge in [0.2, 0.25) is 5.82 Å². The number of nitrogens with zero attached hydrogens (tertiary/aromatic N) is 2. The van der Waals surface area contributed by atoms with Crippen molar-refractivity contribution in [2.45, 2.75) is 19.8 Å². The van der Waals surface area contributed by atoms with Gasteiger partial charge in [0.05, 0.1) is 5.39 Å². The molecule has 0 aliphatic carbocycles. The summed E-state index contributed by atoms with van der Waals surface area (Å²) in [5.41, 5.74) is 2.31. The van der Waals surface area contributed by atoms with Gasteiger partial charge in [-0.3, -0.25) is 14.9 Å². The standard InChI is InChI=1S/C21H16BrN3O4/c1-11(2)12-3-5-13(6-4-12)19-20(25-29-24-19)23-21(27)18-10-16(26)15-9-14(22)7-8-17(15)28-18/h3-11H,1-2H3,(H,23,25,27). The van der Waals surface area contributed by atoms with Crippen LogP contribution in [0.15, 0.2) is 66.8 Å². The number of halogens is 1. The van der Waals surface area contributed by atoms with Gasteiger partial charge in [0.25, 0.3) is 5.91 Å². The number of amides is 1. The fraction of sp³-hybridized carbons (Fsp3) is 0.143.